The summed E-state index contributed by atoms with van der Waals surface area (Å²) >= 11 is 0. The highest BCUT2D eigenvalue weighted by atomic mass is 32.2. The van der Waals surface area contributed by atoms with Crippen molar-refractivity contribution >= 4 is 27.5 Å². The highest BCUT2D eigenvalue weighted by Crippen LogP contribution is 2.29. The van der Waals surface area contributed by atoms with Crippen molar-refractivity contribution < 1.29 is 22.7 Å². The van der Waals surface area contributed by atoms with Crippen LogP contribution in [0.3, 0.4) is 0 Å². The topological polar surface area (TPSA) is 96.0 Å². The van der Waals surface area contributed by atoms with Gasteiger partial charge in [-0.15, -0.1) is 0 Å². The molecule has 0 heterocycles. The maximum atomic E-state index is 13.6. The summed E-state index contributed by atoms with van der Waals surface area (Å²) in [5.74, 6) is -0.379. The number of hydrogen-bond donors (Lipinski definition) is 1. The number of amides is 2. The molecule has 1 unspecified atom stereocenters. The van der Waals surface area contributed by atoms with E-state index in [0.29, 0.717) is 5.75 Å². The normalized spacial score (nSPS) is 14.9. The van der Waals surface area contributed by atoms with Gasteiger partial charge >= 0.3 is 0 Å². The first-order chi connectivity index (χ1) is 16.2. The standard InChI is InChI=1S/C25H33N3O5S/c1-19(25(30)26-21-13-7-8-14-21)27(17-20-11-5-4-6-12-20)24(29)18-28(34(3,31)32)22-15-9-10-16-23(22)33-2/h4-6,9-12,15-16,19,21H,7-8,13-14,17-18H2,1-3H3,(H,26,30). The number of ether oxygens (including phenoxy) is 1. The molecular formula is C25H33N3O5S. The van der Waals surface area contributed by atoms with Crippen LogP contribution in [0.5, 0.6) is 5.75 Å². The smallest absolute Gasteiger partial charge is 0.244 e. The van der Waals surface area contributed by atoms with Crippen molar-refractivity contribution in [1.82, 2.24) is 10.2 Å². The Kier molecular flexibility index (Phi) is 8.55. The first-order valence-corrected chi connectivity index (χ1v) is 13.3. The van der Waals surface area contributed by atoms with Crippen LogP contribution in [-0.2, 0) is 26.2 Å². The lowest BCUT2D eigenvalue weighted by Gasteiger charge is -2.32. The number of rotatable bonds is 10. The lowest BCUT2D eigenvalue weighted by atomic mass is 10.1. The highest BCUT2D eigenvalue weighted by Gasteiger charge is 2.32. The summed E-state index contributed by atoms with van der Waals surface area (Å²) in [6.45, 7) is 1.41. The molecule has 9 heteroatoms. The molecule has 1 aliphatic carbocycles. The number of benzene rings is 2. The molecule has 0 saturated heterocycles. The number of nitrogens with one attached hydrogen (secondary N) is 1. The molecule has 1 aliphatic rings. The average molecular weight is 488 g/mol. The van der Waals surface area contributed by atoms with Crippen molar-refractivity contribution in [2.24, 2.45) is 0 Å². The highest BCUT2D eigenvalue weighted by molar-refractivity contribution is 7.92. The third-order valence-electron chi connectivity index (χ3n) is 6.10. The third-order valence-corrected chi connectivity index (χ3v) is 7.22. The molecule has 0 spiro atoms. The summed E-state index contributed by atoms with van der Waals surface area (Å²) in [6, 6.07) is 15.3. The monoisotopic (exact) mass is 487 g/mol. The summed E-state index contributed by atoms with van der Waals surface area (Å²) in [5.41, 5.74) is 1.11. The Labute approximate surface area is 201 Å². The van der Waals surface area contributed by atoms with Gasteiger partial charge in [0.05, 0.1) is 19.1 Å². The Bertz CT molecular complexity index is 1080. The molecule has 1 N–H and O–H groups in total. The van der Waals surface area contributed by atoms with E-state index in [1.54, 1.807) is 31.2 Å². The van der Waals surface area contributed by atoms with Crippen molar-refractivity contribution in [1.29, 1.82) is 0 Å². The number of carbonyl (C=O) groups is 2. The number of hydrogen-bond acceptors (Lipinski definition) is 5. The van der Waals surface area contributed by atoms with Crippen molar-refractivity contribution in [3.8, 4) is 5.75 Å². The summed E-state index contributed by atoms with van der Waals surface area (Å²) in [6.07, 6.45) is 5.06. The van der Waals surface area contributed by atoms with E-state index in [-0.39, 0.29) is 24.2 Å². The molecule has 8 nitrogen and oxygen atoms in total. The molecule has 3 rings (SSSR count). The fraction of sp³-hybridized carbons (Fsp3) is 0.440. The fourth-order valence-electron chi connectivity index (χ4n) is 4.19. The van der Waals surface area contributed by atoms with Crippen LogP contribution in [0, 0.1) is 0 Å². The number of methoxy groups -OCH3 is 1. The van der Waals surface area contributed by atoms with Crippen LogP contribution >= 0.6 is 0 Å². The van der Waals surface area contributed by atoms with Crippen molar-refractivity contribution in [2.45, 2.75) is 51.2 Å². The van der Waals surface area contributed by atoms with Gasteiger partial charge in [0, 0.05) is 12.6 Å². The zero-order chi connectivity index (χ0) is 24.7. The van der Waals surface area contributed by atoms with Gasteiger partial charge in [0.2, 0.25) is 21.8 Å². The van der Waals surface area contributed by atoms with E-state index in [2.05, 4.69) is 5.32 Å². The van der Waals surface area contributed by atoms with Gasteiger partial charge in [0.1, 0.15) is 18.3 Å². The second kappa shape index (κ2) is 11.4. The van der Waals surface area contributed by atoms with E-state index >= 15 is 0 Å². The first-order valence-electron chi connectivity index (χ1n) is 11.4. The molecular weight excluding hydrogens is 454 g/mol. The van der Waals surface area contributed by atoms with E-state index in [9.17, 15) is 18.0 Å². The van der Waals surface area contributed by atoms with Crippen LogP contribution < -0.4 is 14.4 Å². The minimum atomic E-state index is -3.81. The predicted molar refractivity (Wildman–Crippen MR) is 132 cm³/mol. The first kappa shape index (κ1) is 25.6. The van der Waals surface area contributed by atoms with Crippen LogP contribution in [0.4, 0.5) is 5.69 Å². The van der Waals surface area contributed by atoms with Gasteiger partial charge in [-0.2, -0.15) is 0 Å². The summed E-state index contributed by atoms with van der Waals surface area (Å²) in [4.78, 5) is 28.0. The molecule has 1 saturated carbocycles. The number of carbonyl (C=O) groups excluding carboxylic acids is 2. The summed E-state index contributed by atoms with van der Waals surface area (Å²) in [7, 11) is -2.37. The van der Waals surface area contributed by atoms with Crippen LogP contribution in [0.2, 0.25) is 0 Å². The molecule has 184 valence electrons. The maximum Gasteiger partial charge on any atom is 0.244 e. The molecule has 2 aromatic carbocycles. The van der Waals surface area contributed by atoms with Gasteiger partial charge in [-0.25, -0.2) is 8.42 Å². The molecule has 0 aliphatic heterocycles. The van der Waals surface area contributed by atoms with Gasteiger partial charge in [0.15, 0.2) is 0 Å². The molecule has 0 aromatic heterocycles. The van der Waals surface area contributed by atoms with Crippen LogP contribution in [0.1, 0.15) is 38.2 Å². The second-order valence-corrected chi connectivity index (χ2v) is 10.5. The fourth-order valence-corrected chi connectivity index (χ4v) is 5.04. The van der Waals surface area contributed by atoms with Gasteiger partial charge in [-0.1, -0.05) is 55.3 Å². The summed E-state index contributed by atoms with van der Waals surface area (Å²) < 4.78 is 31.7. The number of anilines is 1. The van der Waals surface area contributed by atoms with Crippen molar-refractivity contribution in [2.75, 3.05) is 24.2 Å². The molecule has 1 fully saturated rings. The Morgan fingerprint density at radius 1 is 1.06 bits per heavy atom. The quantitative estimate of drug-likeness (QED) is 0.556. The lowest BCUT2D eigenvalue weighted by Crippen LogP contribution is -2.52. The number of sulfonamides is 1. The van der Waals surface area contributed by atoms with Gasteiger partial charge < -0.3 is 15.0 Å². The Morgan fingerprint density at radius 3 is 2.29 bits per heavy atom. The van der Waals surface area contributed by atoms with Crippen molar-refractivity contribution in [3.05, 3.63) is 60.2 Å². The van der Waals surface area contributed by atoms with E-state index in [4.69, 9.17) is 4.74 Å². The molecule has 0 bridgehead atoms. The zero-order valence-corrected chi connectivity index (χ0v) is 20.8. The molecule has 1 atom stereocenters. The van der Waals surface area contributed by atoms with Gasteiger partial charge in [-0.3, -0.25) is 13.9 Å². The zero-order valence-electron chi connectivity index (χ0n) is 19.9. The minimum absolute atomic E-state index is 0.115. The van der Waals surface area contributed by atoms with E-state index in [1.165, 1.54) is 12.0 Å². The Morgan fingerprint density at radius 2 is 1.68 bits per heavy atom. The Hall–Kier alpha value is -3.07. The van der Waals surface area contributed by atoms with Gasteiger partial charge in [-0.05, 0) is 37.5 Å². The van der Waals surface area contributed by atoms with E-state index in [1.807, 2.05) is 30.3 Å². The molecule has 34 heavy (non-hydrogen) atoms. The largest absolute Gasteiger partial charge is 0.495 e. The van der Waals surface area contributed by atoms with Crippen LogP contribution in [0.15, 0.2) is 54.6 Å². The number of nitrogens with zero attached hydrogens (tertiary/aromatic N) is 2. The van der Waals surface area contributed by atoms with E-state index in [0.717, 1.165) is 41.8 Å². The van der Waals surface area contributed by atoms with Crippen LogP contribution in [0.25, 0.3) is 0 Å². The predicted octanol–water partition coefficient (Wildman–Crippen LogP) is 2.94. The second-order valence-electron chi connectivity index (χ2n) is 8.61. The van der Waals surface area contributed by atoms with E-state index < -0.39 is 28.5 Å². The van der Waals surface area contributed by atoms with Crippen LogP contribution in [-0.4, -0.2) is 57.1 Å². The number of para-hydroxylation sites is 2. The Balaban J connectivity index is 1.88. The average Bonchev–Trinajstić information content (AvgIpc) is 3.33. The molecule has 0 radical (unpaired) electrons. The third kappa shape index (κ3) is 6.50. The minimum Gasteiger partial charge on any atom is -0.495 e. The molecule has 2 aromatic rings. The summed E-state index contributed by atoms with van der Waals surface area (Å²) in [5, 5.41) is 3.05. The lowest BCUT2D eigenvalue weighted by molar-refractivity contribution is -0.139. The van der Waals surface area contributed by atoms with Crippen molar-refractivity contribution in [3.63, 3.8) is 0 Å². The maximum absolute atomic E-state index is 13.6. The van der Waals surface area contributed by atoms with Gasteiger partial charge in [0.25, 0.3) is 0 Å². The SMILES string of the molecule is COc1ccccc1N(CC(=O)N(Cc1ccccc1)C(C)C(=O)NC1CCCC1)S(C)(=O)=O. The molecule has 2 amide bonds.